The summed E-state index contributed by atoms with van der Waals surface area (Å²) in [4.78, 5) is 11.2. The highest BCUT2D eigenvalue weighted by molar-refractivity contribution is 7.92. The van der Waals surface area contributed by atoms with E-state index in [4.69, 9.17) is 5.73 Å². The van der Waals surface area contributed by atoms with Gasteiger partial charge in [0.2, 0.25) is 5.91 Å². The van der Waals surface area contributed by atoms with E-state index in [9.17, 15) is 13.2 Å². The van der Waals surface area contributed by atoms with Crippen LogP contribution in [0.25, 0.3) is 0 Å². The molecule has 4 nitrogen and oxygen atoms in total. The van der Waals surface area contributed by atoms with Gasteiger partial charge in [-0.15, -0.1) is 11.3 Å². The smallest absolute Gasteiger partial charge is 0.218 e. The van der Waals surface area contributed by atoms with Crippen LogP contribution in [0, 0.1) is 6.42 Å². The van der Waals surface area contributed by atoms with Crippen molar-refractivity contribution >= 4 is 27.1 Å². The number of carbonyl (C=O) groups excluding carboxylic acids is 1. The fraction of sp³-hybridized carbons (Fsp3) is 0.250. The maximum absolute atomic E-state index is 11.1. The summed E-state index contributed by atoms with van der Waals surface area (Å²) in [5.74, 6) is -0.431. The lowest BCUT2D eigenvalue weighted by atomic mass is 10.2. The van der Waals surface area contributed by atoms with Gasteiger partial charge in [0, 0.05) is 24.0 Å². The van der Waals surface area contributed by atoms with Gasteiger partial charge in [0.1, 0.15) is 4.21 Å². The van der Waals surface area contributed by atoms with Gasteiger partial charge in [0.15, 0.2) is 9.84 Å². The minimum absolute atomic E-state index is 0.129. The molecule has 0 unspecified atom stereocenters. The molecule has 0 saturated heterocycles. The topological polar surface area (TPSA) is 77.2 Å². The van der Waals surface area contributed by atoms with E-state index >= 15 is 0 Å². The van der Waals surface area contributed by atoms with Gasteiger partial charge in [-0.3, -0.25) is 4.79 Å². The monoisotopic (exact) mass is 232 g/mol. The Labute approximate surface area is 86.7 Å². The molecule has 1 aromatic heterocycles. The van der Waals surface area contributed by atoms with E-state index in [-0.39, 0.29) is 6.42 Å². The average molecular weight is 232 g/mol. The van der Waals surface area contributed by atoms with Gasteiger partial charge in [0.05, 0.1) is 0 Å². The molecule has 14 heavy (non-hydrogen) atoms. The van der Waals surface area contributed by atoms with Gasteiger partial charge in [-0.05, 0) is 12.1 Å². The highest BCUT2D eigenvalue weighted by atomic mass is 32.2. The van der Waals surface area contributed by atoms with E-state index in [2.05, 4.69) is 0 Å². The van der Waals surface area contributed by atoms with Crippen LogP contribution in [0.2, 0.25) is 0 Å². The molecule has 1 radical (unpaired) electrons. The number of thiophene rings is 1. The third-order valence-corrected chi connectivity index (χ3v) is 4.37. The number of primary amides is 1. The summed E-state index contributed by atoms with van der Waals surface area (Å²) in [6, 6.07) is 3.18. The zero-order valence-corrected chi connectivity index (χ0v) is 9.19. The molecule has 77 valence electrons. The predicted octanol–water partition coefficient (Wildman–Crippen LogP) is 0.579. The van der Waals surface area contributed by atoms with E-state index in [1.165, 1.54) is 6.07 Å². The second-order valence-electron chi connectivity index (χ2n) is 2.80. The first-order chi connectivity index (χ1) is 6.39. The summed E-state index contributed by atoms with van der Waals surface area (Å²) in [6.07, 6.45) is 2.89. The highest BCUT2D eigenvalue weighted by Gasteiger charge is 2.10. The van der Waals surface area contributed by atoms with Crippen molar-refractivity contribution in [2.45, 2.75) is 10.6 Å². The highest BCUT2D eigenvalue weighted by Crippen LogP contribution is 2.23. The molecule has 0 aliphatic heterocycles. The molecule has 1 amide bonds. The van der Waals surface area contributed by atoms with Gasteiger partial charge in [-0.2, -0.15) is 0 Å². The van der Waals surface area contributed by atoms with Gasteiger partial charge >= 0.3 is 0 Å². The third-order valence-electron chi connectivity index (χ3n) is 1.47. The minimum atomic E-state index is -3.14. The third kappa shape index (κ3) is 3.12. The molecule has 0 aliphatic carbocycles. The number of amides is 1. The van der Waals surface area contributed by atoms with Crippen molar-refractivity contribution in [3.63, 3.8) is 0 Å². The summed E-state index contributed by atoms with van der Waals surface area (Å²) < 4.78 is 22.5. The molecule has 1 heterocycles. The van der Waals surface area contributed by atoms with Gasteiger partial charge in [-0.25, -0.2) is 8.42 Å². The molecule has 0 fully saturated rings. The normalized spacial score (nSPS) is 11.5. The number of hydrogen-bond donors (Lipinski definition) is 1. The number of hydrogen-bond acceptors (Lipinski definition) is 4. The van der Waals surface area contributed by atoms with Crippen LogP contribution < -0.4 is 5.73 Å². The molecule has 1 rings (SSSR count). The molecule has 2 N–H and O–H groups in total. The van der Waals surface area contributed by atoms with E-state index in [1.54, 1.807) is 12.5 Å². The number of sulfone groups is 1. The number of nitrogens with two attached hydrogens (primary N) is 1. The SMILES string of the molecule is CS(=O)(=O)c1ccc([CH]CC(N)=O)s1. The van der Waals surface area contributed by atoms with Crippen molar-refractivity contribution in [2.75, 3.05) is 6.26 Å². The Morgan fingerprint density at radius 1 is 1.57 bits per heavy atom. The maximum atomic E-state index is 11.1. The summed E-state index contributed by atoms with van der Waals surface area (Å²) in [5.41, 5.74) is 4.95. The van der Waals surface area contributed by atoms with Gasteiger partial charge in [-0.1, -0.05) is 0 Å². The lowest BCUT2D eigenvalue weighted by molar-refractivity contribution is -0.117. The van der Waals surface area contributed by atoms with E-state index in [0.29, 0.717) is 4.21 Å². The minimum Gasteiger partial charge on any atom is -0.370 e. The Morgan fingerprint density at radius 2 is 2.21 bits per heavy atom. The van der Waals surface area contributed by atoms with E-state index in [1.807, 2.05) is 0 Å². The van der Waals surface area contributed by atoms with E-state index < -0.39 is 15.7 Å². The second-order valence-corrected chi connectivity index (χ2v) is 6.16. The molecular weight excluding hydrogens is 222 g/mol. The first-order valence-corrected chi connectivity index (χ1v) is 6.52. The largest absolute Gasteiger partial charge is 0.370 e. The fourth-order valence-electron chi connectivity index (χ4n) is 0.845. The van der Waals surface area contributed by atoms with Gasteiger partial charge in [0.25, 0.3) is 0 Å². The zero-order chi connectivity index (χ0) is 10.8. The summed E-state index contributed by atoms with van der Waals surface area (Å²) in [6.45, 7) is 0. The second kappa shape index (κ2) is 4.10. The van der Waals surface area contributed by atoms with Crippen LogP contribution >= 0.6 is 11.3 Å². The Morgan fingerprint density at radius 3 is 2.64 bits per heavy atom. The van der Waals surface area contributed by atoms with Crippen LogP contribution in [0.1, 0.15) is 11.3 Å². The summed E-state index contributed by atoms with van der Waals surface area (Å²) in [7, 11) is -3.14. The Kier molecular flexibility index (Phi) is 3.28. The first-order valence-electron chi connectivity index (χ1n) is 3.81. The van der Waals surface area contributed by atoms with Crippen LogP contribution in [0.5, 0.6) is 0 Å². The summed E-state index contributed by atoms with van der Waals surface area (Å²) >= 11 is 1.13. The lowest BCUT2D eigenvalue weighted by Crippen LogP contribution is -2.09. The molecule has 0 spiro atoms. The number of rotatable bonds is 4. The van der Waals surface area contributed by atoms with Crippen LogP contribution in [-0.4, -0.2) is 20.6 Å². The van der Waals surface area contributed by atoms with Gasteiger partial charge < -0.3 is 5.73 Å². The Hall–Kier alpha value is -0.880. The fourth-order valence-corrected chi connectivity index (χ4v) is 2.73. The number of carbonyl (C=O) groups is 1. The van der Waals surface area contributed by atoms with Crippen molar-refractivity contribution in [1.29, 1.82) is 0 Å². The molecule has 0 bridgehead atoms. The van der Waals surface area contributed by atoms with Crippen molar-refractivity contribution in [3.8, 4) is 0 Å². The molecule has 1 aromatic rings. The first kappa shape index (κ1) is 11.2. The predicted molar refractivity (Wildman–Crippen MR) is 54.6 cm³/mol. The molecule has 0 atom stereocenters. The van der Waals surface area contributed by atoms with E-state index in [0.717, 1.165) is 22.5 Å². The van der Waals surface area contributed by atoms with Crippen LogP contribution in [0.3, 0.4) is 0 Å². The molecule has 6 heteroatoms. The quantitative estimate of drug-likeness (QED) is 0.824. The Balaban J connectivity index is 2.74. The zero-order valence-electron chi connectivity index (χ0n) is 7.56. The van der Waals surface area contributed by atoms with Crippen LogP contribution in [0.4, 0.5) is 0 Å². The average Bonchev–Trinajstić information content (AvgIpc) is 2.47. The van der Waals surface area contributed by atoms with Crippen molar-refractivity contribution < 1.29 is 13.2 Å². The maximum Gasteiger partial charge on any atom is 0.218 e. The summed E-state index contributed by atoms with van der Waals surface area (Å²) in [5, 5.41) is 0. The molecule has 0 saturated carbocycles. The molecular formula is C8H10NO3S2. The Bertz CT molecular complexity index is 433. The molecule has 0 aromatic carbocycles. The lowest BCUT2D eigenvalue weighted by Gasteiger charge is -1.92. The molecule has 0 aliphatic rings. The van der Waals surface area contributed by atoms with Crippen molar-refractivity contribution in [1.82, 2.24) is 0 Å². The van der Waals surface area contributed by atoms with Crippen LogP contribution in [0.15, 0.2) is 16.3 Å². The van der Waals surface area contributed by atoms with Crippen LogP contribution in [-0.2, 0) is 14.6 Å². The van der Waals surface area contributed by atoms with Crippen molar-refractivity contribution in [3.05, 3.63) is 23.4 Å². The standard InChI is InChI=1S/C8H10NO3S2/c1-14(11,12)8-5-3-6(13-8)2-4-7(9)10/h2-3,5H,4H2,1H3,(H2,9,10). The van der Waals surface area contributed by atoms with Crippen molar-refractivity contribution in [2.24, 2.45) is 5.73 Å².